The topological polar surface area (TPSA) is 59.1 Å². The SMILES string of the molecule is NC1CCCC(O)(Cc2nc(-c3ccccc3)cs2)C1. The van der Waals surface area contributed by atoms with Crippen LogP contribution in [0, 0.1) is 0 Å². The quantitative estimate of drug-likeness (QED) is 0.913. The molecule has 20 heavy (non-hydrogen) atoms. The van der Waals surface area contributed by atoms with Crippen LogP contribution in [0.2, 0.25) is 0 Å². The molecule has 2 unspecified atom stereocenters. The van der Waals surface area contributed by atoms with Crippen LogP contribution in [0.3, 0.4) is 0 Å². The van der Waals surface area contributed by atoms with Crippen molar-refractivity contribution in [1.82, 2.24) is 4.98 Å². The minimum Gasteiger partial charge on any atom is -0.389 e. The molecule has 1 fully saturated rings. The Morgan fingerprint density at radius 1 is 1.35 bits per heavy atom. The van der Waals surface area contributed by atoms with Gasteiger partial charge in [-0.15, -0.1) is 11.3 Å². The molecule has 1 saturated carbocycles. The molecule has 1 aromatic heterocycles. The summed E-state index contributed by atoms with van der Waals surface area (Å²) in [6.07, 6.45) is 4.18. The highest BCUT2D eigenvalue weighted by Crippen LogP contribution is 2.32. The Labute approximate surface area is 123 Å². The van der Waals surface area contributed by atoms with Gasteiger partial charge < -0.3 is 10.8 Å². The van der Waals surface area contributed by atoms with E-state index in [4.69, 9.17) is 5.73 Å². The van der Waals surface area contributed by atoms with E-state index in [0.717, 1.165) is 35.5 Å². The molecule has 0 amide bonds. The summed E-state index contributed by atoms with van der Waals surface area (Å²) in [4.78, 5) is 4.66. The molecule has 0 aliphatic heterocycles. The van der Waals surface area contributed by atoms with Crippen molar-refractivity contribution in [2.45, 2.75) is 43.7 Å². The third kappa shape index (κ3) is 3.08. The molecule has 0 radical (unpaired) electrons. The molecule has 4 heteroatoms. The summed E-state index contributed by atoms with van der Waals surface area (Å²) in [5.74, 6) is 0. The van der Waals surface area contributed by atoms with Crippen molar-refractivity contribution in [3.63, 3.8) is 0 Å². The maximum atomic E-state index is 10.7. The smallest absolute Gasteiger partial charge is 0.0961 e. The van der Waals surface area contributed by atoms with Gasteiger partial charge in [0.15, 0.2) is 0 Å². The highest BCUT2D eigenvalue weighted by Gasteiger charge is 2.33. The molecule has 1 aliphatic rings. The van der Waals surface area contributed by atoms with Gasteiger partial charge in [0.1, 0.15) is 0 Å². The second-order valence-electron chi connectivity index (χ2n) is 5.75. The van der Waals surface area contributed by atoms with Gasteiger partial charge >= 0.3 is 0 Å². The molecule has 3 rings (SSSR count). The lowest BCUT2D eigenvalue weighted by molar-refractivity contribution is -0.00192. The summed E-state index contributed by atoms with van der Waals surface area (Å²) in [6, 6.07) is 10.3. The largest absolute Gasteiger partial charge is 0.389 e. The highest BCUT2D eigenvalue weighted by molar-refractivity contribution is 7.09. The summed E-state index contributed by atoms with van der Waals surface area (Å²) < 4.78 is 0. The summed E-state index contributed by atoms with van der Waals surface area (Å²) in [6.45, 7) is 0. The first-order valence-corrected chi connectivity index (χ1v) is 8.00. The lowest BCUT2D eigenvalue weighted by Crippen LogP contribution is -2.42. The molecule has 2 aromatic rings. The third-order valence-electron chi connectivity index (χ3n) is 3.96. The van der Waals surface area contributed by atoms with Crippen molar-refractivity contribution in [1.29, 1.82) is 0 Å². The van der Waals surface area contributed by atoms with Gasteiger partial charge in [-0.3, -0.25) is 0 Å². The van der Waals surface area contributed by atoms with Crippen LogP contribution in [-0.2, 0) is 6.42 Å². The highest BCUT2D eigenvalue weighted by atomic mass is 32.1. The molecule has 0 bridgehead atoms. The number of hydrogen-bond acceptors (Lipinski definition) is 4. The molecule has 1 aromatic carbocycles. The summed E-state index contributed by atoms with van der Waals surface area (Å²) in [7, 11) is 0. The van der Waals surface area contributed by atoms with Crippen molar-refractivity contribution in [2.24, 2.45) is 5.73 Å². The van der Waals surface area contributed by atoms with Gasteiger partial charge in [-0.1, -0.05) is 30.3 Å². The minimum absolute atomic E-state index is 0.127. The lowest BCUT2D eigenvalue weighted by Gasteiger charge is -2.34. The van der Waals surface area contributed by atoms with Gasteiger partial charge in [0.2, 0.25) is 0 Å². The van der Waals surface area contributed by atoms with Crippen LogP contribution in [0.5, 0.6) is 0 Å². The molecule has 1 aliphatic carbocycles. The maximum Gasteiger partial charge on any atom is 0.0961 e. The second kappa shape index (κ2) is 5.64. The molecule has 106 valence electrons. The zero-order valence-electron chi connectivity index (χ0n) is 11.5. The Balaban J connectivity index is 1.74. The Morgan fingerprint density at radius 2 is 2.15 bits per heavy atom. The lowest BCUT2D eigenvalue weighted by atomic mass is 9.80. The van der Waals surface area contributed by atoms with E-state index >= 15 is 0 Å². The van der Waals surface area contributed by atoms with Crippen LogP contribution in [0.15, 0.2) is 35.7 Å². The Bertz CT molecular complexity index is 569. The number of aliphatic hydroxyl groups is 1. The first-order valence-electron chi connectivity index (χ1n) is 7.12. The zero-order valence-corrected chi connectivity index (χ0v) is 12.3. The summed E-state index contributed by atoms with van der Waals surface area (Å²) in [5.41, 5.74) is 7.44. The van der Waals surface area contributed by atoms with Crippen LogP contribution < -0.4 is 5.73 Å². The number of benzene rings is 1. The number of hydrogen-bond donors (Lipinski definition) is 2. The fraction of sp³-hybridized carbons (Fsp3) is 0.438. The van der Waals surface area contributed by atoms with E-state index in [1.54, 1.807) is 11.3 Å². The van der Waals surface area contributed by atoms with E-state index in [9.17, 15) is 5.11 Å². The van der Waals surface area contributed by atoms with Crippen molar-refractivity contribution in [3.8, 4) is 11.3 Å². The van der Waals surface area contributed by atoms with Crippen LogP contribution in [0.1, 0.15) is 30.7 Å². The minimum atomic E-state index is -0.663. The number of nitrogens with zero attached hydrogens (tertiary/aromatic N) is 1. The van der Waals surface area contributed by atoms with Crippen LogP contribution in [0.4, 0.5) is 0 Å². The molecule has 2 atom stereocenters. The van der Waals surface area contributed by atoms with Gasteiger partial charge in [-0.05, 0) is 25.7 Å². The number of rotatable bonds is 3. The zero-order chi connectivity index (χ0) is 14.0. The first-order chi connectivity index (χ1) is 9.65. The summed E-state index contributed by atoms with van der Waals surface area (Å²) >= 11 is 1.63. The van der Waals surface area contributed by atoms with E-state index in [-0.39, 0.29) is 6.04 Å². The Kier molecular flexibility index (Phi) is 3.87. The molecule has 0 saturated heterocycles. The van der Waals surface area contributed by atoms with Crippen molar-refractivity contribution >= 4 is 11.3 Å². The van der Waals surface area contributed by atoms with E-state index < -0.39 is 5.60 Å². The molecular weight excluding hydrogens is 268 g/mol. The monoisotopic (exact) mass is 288 g/mol. The average Bonchev–Trinajstić information content (AvgIpc) is 2.87. The van der Waals surface area contributed by atoms with Gasteiger partial charge in [-0.25, -0.2) is 4.98 Å². The fourth-order valence-electron chi connectivity index (χ4n) is 2.96. The van der Waals surface area contributed by atoms with Crippen molar-refractivity contribution in [3.05, 3.63) is 40.7 Å². The van der Waals surface area contributed by atoms with Crippen LogP contribution in [0.25, 0.3) is 11.3 Å². The van der Waals surface area contributed by atoms with Gasteiger partial charge in [0.05, 0.1) is 16.3 Å². The predicted molar refractivity (Wildman–Crippen MR) is 82.6 cm³/mol. The van der Waals surface area contributed by atoms with Crippen LogP contribution >= 0.6 is 11.3 Å². The second-order valence-corrected chi connectivity index (χ2v) is 6.69. The Morgan fingerprint density at radius 3 is 2.90 bits per heavy atom. The van der Waals surface area contributed by atoms with Gasteiger partial charge in [0, 0.05) is 23.4 Å². The van der Waals surface area contributed by atoms with Crippen molar-refractivity contribution < 1.29 is 5.11 Å². The van der Waals surface area contributed by atoms with E-state index in [1.165, 1.54) is 0 Å². The average molecular weight is 288 g/mol. The van der Waals surface area contributed by atoms with E-state index in [0.29, 0.717) is 12.8 Å². The molecule has 3 N–H and O–H groups in total. The predicted octanol–water partition coefficient (Wildman–Crippen LogP) is 2.99. The molecule has 3 nitrogen and oxygen atoms in total. The van der Waals surface area contributed by atoms with Crippen LogP contribution in [-0.4, -0.2) is 21.7 Å². The first kappa shape index (κ1) is 13.7. The van der Waals surface area contributed by atoms with Crippen molar-refractivity contribution in [2.75, 3.05) is 0 Å². The van der Waals surface area contributed by atoms with E-state index in [2.05, 4.69) is 22.5 Å². The van der Waals surface area contributed by atoms with Gasteiger partial charge in [-0.2, -0.15) is 0 Å². The third-order valence-corrected chi connectivity index (χ3v) is 4.81. The molecule has 1 heterocycles. The van der Waals surface area contributed by atoms with Gasteiger partial charge in [0.25, 0.3) is 0 Å². The molecule has 0 spiro atoms. The Hall–Kier alpha value is -1.23. The molecular formula is C16H20N2OS. The normalized spacial score (nSPS) is 26.6. The van der Waals surface area contributed by atoms with E-state index in [1.807, 2.05) is 18.2 Å². The summed E-state index contributed by atoms with van der Waals surface area (Å²) in [5, 5.41) is 13.7. The number of nitrogens with two attached hydrogens (primary N) is 1. The fourth-order valence-corrected chi connectivity index (χ4v) is 3.90. The standard InChI is InChI=1S/C16H20N2OS/c17-13-7-4-8-16(19,9-13)10-15-18-14(11-20-15)12-5-2-1-3-6-12/h1-3,5-6,11,13,19H,4,7-10,17H2. The maximum absolute atomic E-state index is 10.7. The number of aromatic nitrogens is 1. The number of thiazole rings is 1.